The van der Waals surface area contributed by atoms with Gasteiger partial charge in [-0.1, -0.05) is 25.1 Å². The van der Waals surface area contributed by atoms with Gasteiger partial charge < -0.3 is 5.32 Å². The van der Waals surface area contributed by atoms with Crippen molar-refractivity contribution in [3.05, 3.63) is 77.0 Å². The van der Waals surface area contributed by atoms with Crippen LogP contribution in [0.3, 0.4) is 0 Å². The molecule has 0 bridgehead atoms. The molecule has 2 heterocycles. The Kier molecular flexibility index (Phi) is 7.05. The lowest BCUT2D eigenvalue weighted by Gasteiger charge is -2.28. The molecule has 1 fully saturated rings. The molecule has 8 nitrogen and oxygen atoms in total. The van der Waals surface area contributed by atoms with Gasteiger partial charge in [0.15, 0.2) is 11.6 Å². The molecule has 2 N–H and O–H groups in total. The van der Waals surface area contributed by atoms with Crippen LogP contribution in [-0.2, 0) is 30.4 Å². The minimum atomic E-state index is -1.05. The third-order valence-corrected chi connectivity index (χ3v) is 6.13. The van der Waals surface area contributed by atoms with Gasteiger partial charge in [0.1, 0.15) is 17.5 Å². The van der Waals surface area contributed by atoms with Gasteiger partial charge in [0.05, 0.1) is 0 Å². The second-order valence-corrected chi connectivity index (χ2v) is 8.86. The first-order chi connectivity index (χ1) is 17.1. The predicted octanol–water partition coefficient (Wildman–Crippen LogP) is 2.74. The molecule has 0 radical (unpaired) electrons. The lowest BCUT2D eigenvalue weighted by molar-refractivity contribution is -0.149. The van der Waals surface area contributed by atoms with Crippen LogP contribution in [0, 0.1) is 11.6 Å². The van der Waals surface area contributed by atoms with E-state index in [9.17, 15) is 32.8 Å². The van der Waals surface area contributed by atoms with Crippen LogP contribution >= 0.6 is 0 Å². The summed E-state index contributed by atoms with van der Waals surface area (Å²) in [5.41, 5.74) is 1.67. The maximum absolute atomic E-state index is 13.4. The lowest BCUT2D eigenvalue weighted by atomic mass is 9.93. The number of carbonyl (C=O) groups excluding carboxylic acids is 5. The fourth-order valence-electron chi connectivity index (χ4n) is 4.29. The number of nitrogens with zero attached hydrogens (tertiary/aromatic N) is 1. The van der Waals surface area contributed by atoms with Crippen molar-refractivity contribution in [3.63, 3.8) is 0 Å². The molecule has 2 aliphatic heterocycles. The standard InChI is InChI=1S/C26H23F2N3O5/c1-14(9-18(32)10-15-5-6-19(27)20(28)11-15)16-3-2-4-17(12-16)29-21-13-24(34)31(26(21)36)22-7-8-23(33)30-25(22)35/h2-6,11-14,22,29H,7-10H2,1H3,(H,30,33,35). The Hall–Kier alpha value is -4.21. The number of anilines is 1. The Labute approximate surface area is 205 Å². The molecule has 4 rings (SSSR count). The fourth-order valence-corrected chi connectivity index (χ4v) is 4.29. The molecular formula is C26H23F2N3O5. The number of rotatable bonds is 8. The van der Waals surface area contributed by atoms with Gasteiger partial charge in [-0.25, -0.2) is 8.78 Å². The number of ketones is 1. The molecule has 0 saturated carbocycles. The summed E-state index contributed by atoms with van der Waals surface area (Å²) in [7, 11) is 0. The molecule has 2 aliphatic rings. The first kappa shape index (κ1) is 24.9. The van der Waals surface area contributed by atoms with Gasteiger partial charge in [-0.15, -0.1) is 0 Å². The van der Waals surface area contributed by atoms with Crippen molar-refractivity contribution in [3.8, 4) is 0 Å². The predicted molar refractivity (Wildman–Crippen MR) is 124 cm³/mol. The number of Topliss-reactive ketones (excluding diaryl/α,β-unsaturated/α-hetero) is 1. The van der Waals surface area contributed by atoms with Gasteiger partial charge in [-0.2, -0.15) is 0 Å². The molecule has 2 aromatic carbocycles. The molecule has 2 unspecified atom stereocenters. The maximum atomic E-state index is 13.4. The molecule has 1 saturated heterocycles. The largest absolute Gasteiger partial charge is 0.351 e. The number of imide groups is 2. The number of halogens is 2. The number of hydrogen-bond acceptors (Lipinski definition) is 6. The summed E-state index contributed by atoms with van der Waals surface area (Å²) in [5, 5.41) is 5.04. The molecule has 0 aromatic heterocycles. The van der Waals surface area contributed by atoms with E-state index in [1.165, 1.54) is 6.07 Å². The first-order valence-corrected chi connectivity index (χ1v) is 11.4. The Morgan fingerprint density at radius 1 is 1.11 bits per heavy atom. The number of nitrogens with one attached hydrogen (secondary N) is 2. The highest BCUT2D eigenvalue weighted by Gasteiger charge is 2.42. The smallest absolute Gasteiger partial charge is 0.278 e. The van der Waals surface area contributed by atoms with Gasteiger partial charge >= 0.3 is 0 Å². The number of hydrogen-bond donors (Lipinski definition) is 2. The van der Waals surface area contributed by atoms with Crippen molar-refractivity contribution in [2.45, 2.75) is 44.6 Å². The monoisotopic (exact) mass is 495 g/mol. The van der Waals surface area contributed by atoms with Crippen LogP contribution in [0.4, 0.5) is 14.5 Å². The Balaban J connectivity index is 1.39. The molecule has 36 heavy (non-hydrogen) atoms. The zero-order valence-corrected chi connectivity index (χ0v) is 19.3. The third kappa shape index (κ3) is 5.37. The van der Waals surface area contributed by atoms with Crippen LogP contribution in [0.1, 0.15) is 43.2 Å². The van der Waals surface area contributed by atoms with Crippen LogP contribution in [0.5, 0.6) is 0 Å². The Bertz CT molecular complexity index is 1310. The van der Waals surface area contributed by atoms with E-state index < -0.39 is 41.3 Å². The van der Waals surface area contributed by atoms with Crippen molar-refractivity contribution in [2.24, 2.45) is 0 Å². The summed E-state index contributed by atoms with van der Waals surface area (Å²) in [5.74, 6) is -4.79. The van der Waals surface area contributed by atoms with Crippen LogP contribution in [0.15, 0.2) is 54.2 Å². The molecule has 10 heteroatoms. The van der Waals surface area contributed by atoms with E-state index in [0.29, 0.717) is 11.3 Å². The Morgan fingerprint density at radius 2 is 1.89 bits per heavy atom. The van der Waals surface area contributed by atoms with Crippen LogP contribution in [0.25, 0.3) is 0 Å². The van der Waals surface area contributed by atoms with Gasteiger partial charge in [0.2, 0.25) is 11.8 Å². The summed E-state index contributed by atoms with van der Waals surface area (Å²) in [6.07, 6.45) is 1.33. The highest BCUT2D eigenvalue weighted by molar-refractivity contribution is 6.20. The second kappa shape index (κ2) is 10.2. The maximum Gasteiger partial charge on any atom is 0.278 e. The summed E-state index contributed by atoms with van der Waals surface area (Å²) < 4.78 is 26.5. The van der Waals surface area contributed by atoms with Crippen molar-refractivity contribution >= 4 is 35.1 Å². The number of carbonyl (C=O) groups is 5. The van der Waals surface area contributed by atoms with Gasteiger partial charge in [0, 0.05) is 31.0 Å². The zero-order valence-electron chi connectivity index (χ0n) is 19.3. The minimum absolute atomic E-state index is 0.0103. The quantitative estimate of drug-likeness (QED) is 0.545. The van der Waals surface area contributed by atoms with Gasteiger partial charge in [-0.05, 0) is 47.7 Å². The number of piperidine rings is 1. The molecule has 4 amide bonds. The summed E-state index contributed by atoms with van der Waals surface area (Å²) >= 11 is 0. The normalized spacial score (nSPS) is 18.7. The molecular weight excluding hydrogens is 472 g/mol. The highest BCUT2D eigenvalue weighted by atomic mass is 19.2. The molecule has 186 valence electrons. The fraction of sp³-hybridized carbons (Fsp3) is 0.269. The highest BCUT2D eigenvalue weighted by Crippen LogP contribution is 2.26. The molecule has 0 spiro atoms. The average molecular weight is 495 g/mol. The van der Waals surface area contributed by atoms with Gasteiger partial charge in [0.25, 0.3) is 11.8 Å². The SMILES string of the molecule is CC(CC(=O)Cc1ccc(F)c(F)c1)c1cccc(NC2=CC(=O)N(C3CCC(=O)NC3=O)C2=O)c1. The first-order valence-electron chi connectivity index (χ1n) is 11.4. The van der Waals surface area contributed by atoms with Crippen molar-refractivity contribution in [1.82, 2.24) is 10.2 Å². The zero-order chi connectivity index (χ0) is 26.0. The van der Waals surface area contributed by atoms with E-state index in [-0.39, 0.29) is 43.1 Å². The second-order valence-electron chi connectivity index (χ2n) is 8.86. The average Bonchev–Trinajstić information content (AvgIpc) is 3.09. The lowest BCUT2D eigenvalue weighted by Crippen LogP contribution is -2.54. The minimum Gasteiger partial charge on any atom is -0.351 e. The third-order valence-electron chi connectivity index (χ3n) is 6.13. The van der Waals surface area contributed by atoms with Crippen molar-refractivity contribution in [2.75, 3.05) is 5.32 Å². The van der Waals surface area contributed by atoms with Crippen LogP contribution in [-0.4, -0.2) is 40.4 Å². The summed E-state index contributed by atoms with van der Waals surface area (Å²) in [6, 6.07) is 9.29. The van der Waals surface area contributed by atoms with E-state index in [2.05, 4.69) is 10.6 Å². The van der Waals surface area contributed by atoms with Crippen molar-refractivity contribution in [1.29, 1.82) is 0 Å². The molecule has 0 aliphatic carbocycles. The summed E-state index contributed by atoms with van der Waals surface area (Å²) in [6.45, 7) is 1.84. The van der Waals surface area contributed by atoms with Crippen LogP contribution < -0.4 is 10.6 Å². The number of amides is 4. The van der Waals surface area contributed by atoms with E-state index in [4.69, 9.17) is 0 Å². The van der Waals surface area contributed by atoms with E-state index >= 15 is 0 Å². The summed E-state index contributed by atoms with van der Waals surface area (Å²) in [4.78, 5) is 62.1. The van der Waals surface area contributed by atoms with E-state index in [1.807, 2.05) is 13.0 Å². The number of benzene rings is 2. The van der Waals surface area contributed by atoms with Gasteiger partial charge in [-0.3, -0.25) is 34.2 Å². The Morgan fingerprint density at radius 3 is 2.61 bits per heavy atom. The topological polar surface area (TPSA) is 113 Å². The van der Waals surface area contributed by atoms with E-state index in [0.717, 1.165) is 28.7 Å². The van der Waals surface area contributed by atoms with E-state index in [1.54, 1.807) is 18.2 Å². The van der Waals surface area contributed by atoms with Crippen molar-refractivity contribution < 1.29 is 32.8 Å². The van der Waals surface area contributed by atoms with Crippen LogP contribution in [0.2, 0.25) is 0 Å². The molecule has 2 aromatic rings. The molecule has 2 atom stereocenters.